The Kier molecular flexibility index (Phi) is 6.48. The summed E-state index contributed by atoms with van der Waals surface area (Å²) in [4.78, 5) is 0. The van der Waals surface area contributed by atoms with E-state index in [2.05, 4.69) is 12.2 Å². The molecular formula is C13H19ClFNO. The smallest absolute Gasteiger partial charge is 0.145 e. The molecule has 1 aromatic carbocycles. The van der Waals surface area contributed by atoms with E-state index in [1.54, 1.807) is 18.2 Å². The maximum Gasteiger partial charge on any atom is 0.145 e. The number of likely N-dealkylation sites (N-methyl/N-ethyl adjacent to an activating group) is 1. The quantitative estimate of drug-likeness (QED) is 0.760. The van der Waals surface area contributed by atoms with Crippen LogP contribution in [-0.2, 0) is 11.2 Å². The lowest BCUT2D eigenvalue weighted by molar-refractivity contribution is 0.113. The Morgan fingerprint density at radius 2 is 2.24 bits per heavy atom. The van der Waals surface area contributed by atoms with E-state index in [1.807, 2.05) is 7.05 Å². The molecule has 0 amide bonds. The summed E-state index contributed by atoms with van der Waals surface area (Å²) < 4.78 is 19.1. The predicted molar refractivity (Wildman–Crippen MR) is 69.1 cm³/mol. The summed E-state index contributed by atoms with van der Waals surface area (Å²) in [6.07, 6.45) is 1.56. The molecule has 0 aromatic heterocycles. The van der Waals surface area contributed by atoms with Crippen LogP contribution in [0.15, 0.2) is 18.2 Å². The predicted octanol–water partition coefficient (Wildman–Crippen LogP) is 3.04. The Labute approximate surface area is 107 Å². The molecule has 0 aliphatic rings. The van der Waals surface area contributed by atoms with Crippen LogP contribution in [-0.4, -0.2) is 26.3 Å². The largest absolute Gasteiger partial charge is 0.380 e. The number of hydrogen-bond acceptors (Lipinski definition) is 2. The molecule has 0 saturated carbocycles. The van der Waals surface area contributed by atoms with Gasteiger partial charge in [-0.1, -0.05) is 30.7 Å². The Bertz CT molecular complexity index is 346. The highest BCUT2D eigenvalue weighted by molar-refractivity contribution is 6.30. The maximum atomic E-state index is 13.7. The maximum absolute atomic E-state index is 13.7. The Hall–Kier alpha value is -0.640. The van der Waals surface area contributed by atoms with Crippen molar-refractivity contribution in [3.8, 4) is 0 Å². The van der Waals surface area contributed by atoms with Gasteiger partial charge in [0.2, 0.25) is 0 Å². The second-order valence-electron chi connectivity index (χ2n) is 3.98. The van der Waals surface area contributed by atoms with Crippen LogP contribution >= 0.6 is 11.6 Å². The lowest BCUT2D eigenvalue weighted by Gasteiger charge is -2.16. The third-order valence-electron chi connectivity index (χ3n) is 2.57. The van der Waals surface area contributed by atoms with Crippen LogP contribution in [0.5, 0.6) is 0 Å². The van der Waals surface area contributed by atoms with Crippen molar-refractivity contribution in [2.45, 2.75) is 25.8 Å². The zero-order valence-electron chi connectivity index (χ0n) is 10.3. The molecule has 0 heterocycles. The van der Waals surface area contributed by atoms with Gasteiger partial charge in [-0.15, -0.1) is 0 Å². The van der Waals surface area contributed by atoms with Crippen LogP contribution in [0.25, 0.3) is 0 Å². The molecule has 1 aromatic rings. The van der Waals surface area contributed by atoms with Gasteiger partial charge in [-0.2, -0.15) is 0 Å². The third-order valence-corrected chi connectivity index (χ3v) is 2.87. The zero-order chi connectivity index (χ0) is 12.7. The minimum atomic E-state index is -0.329. The number of ether oxygens (including phenoxy) is 1. The number of rotatable bonds is 7. The Morgan fingerprint density at radius 3 is 2.88 bits per heavy atom. The first-order valence-corrected chi connectivity index (χ1v) is 6.24. The number of halogens is 2. The van der Waals surface area contributed by atoms with Crippen molar-refractivity contribution in [3.63, 3.8) is 0 Å². The highest BCUT2D eigenvalue weighted by atomic mass is 35.5. The van der Waals surface area contributed by atoms with Crippen molar-refractivity contribution in [1.82, 2.24) is 5.32 Å². The van der Waals surface area contributed by atoms with E-state index in [9.17, 15) is 4.39 Å². The fourth-order valence-corrected chi connectivity index (χ4v) is 1.78. The van der Waals surface area contributed by atoms with E-state index in [4.69, 9.17) is 16.3 Å². The molecule has 0 aliphatic heterocycles. The molecule has 0 fully saturated rings. The van der Waals surface area contributed by atoms with E-state index in [1.165, 1.54) is 0 Å². The zero-order valence-corrected chi connectivity index (χ0v) is 11.1. The van der Waals surface area contributed by atoms with Gasteiger partial charge in [-0.05, 0) is 31.5 Å². The van der Waals surface area contributed by atoms with Crippen molar-refractivity contribution in [1.29, 1.82) is 0 Å². The molecular weight excluding hydrogens is 241 g/mol. The van der Waals surface area contributed by atoms with Crippen molar-refractivity contribution >= 4 is 11.6 Å². The number of nitrogens with one attached hydrogen (secondary N) is 1. The van der Waals surface area contributed by atoms with Gasteiger partial charge in [0.15, 0.2) is 0 Å². The molecule has 4 heteroatoms. The monoisotopic (exact) mass is 259 g/mol. The van der Waals surface area contributed by atoms with Gasteiger partial charge in [0, 0.05) is 12.6 Å². The lowest BCUT2D eigenvalue weighted by atomic mass is 10.1. The Balaban J connectivity index is 2.57. The van der Waals surface area contributed by atoms with Crippen LogP contribution in [0.1, 0.15) is 18.9 Å². The third kappa shape index (κ3) is 4.62. The average molecular weight is 260 g/mol. The molecule has 0 spiro atoms. The van der Waals surface area contributed by atoms with Gasteiger partial charge in [0.05, 0.1) is 11.6 Å². The highest BCUT2D eigenvalue weighted by Gasteiger charge is 2.12. The molecule has 0 bridgehead atoms. The molecule has 96 valence electrons. The van der Waals surface area contributed by atoms with E-state index < -0.39 is 0 Å². The van der Waals surface area contributed by atoms with Crippen molar-refractivity contribution in [2.75, 3.05) is 20.3 Å². The van der Waals surface area contributed by atoms with Gasteiger partial charge in [-0.25, -0.2) is 4.39 Å². The first-order valence-electron chi connectivity index (χ1n) is 5.87. The summed E-state index contributed by atoms with van der Waals surface area (Å²) in [7, 11) is 1.85. The Morgan fingerprint density at radius 1 is 1.47 bits per heavy atom. The van der Waals surface area contributed by atoms with Crippen LogP contribution in [0.3, 0.4) is 0 Å². The summed E-state index contributed by atoms with van der Waals surface area (Å²) in [6.45, 7) is 3.37. The summed E-state index contributed by atoms with van der Waals surface area (Å²) in [5, 5.41) is 3.29. The lowest BCUT2D eigenvalue weighted by Crippen LogP contribution is -2.33. The fraction of sp³-hybridized carbons (Fsp3) is 0.538. The van der Waals surface area contributed by atoms with Crippen LogP contribution in [0, 0.1) is 5.82 Å². The van der Waals surface area contributed by atoms with Crippen molar-refractivity contribution in [2.24, 2.45) is 0 Å². The standard InChI is InChI=1S/C13H19ClFNO/c1-3-7-17-9-11(16-2)8-10-5-4-6-12(14)13(10)15/h4-6,11,16H,3,7-9H2,1-2H3. The van der Waals surface area contributed by atoms with Gasteiger partial charge >= 0.3 is 0 Å². The first kappa shape index (κ1) is 14.4. The van der Waals surface area contributed by atoms with E-state index in [0.29, 0.717) is 18.6 Å². The van der Waals surface area contributed by atoms with Crippen molar-refractivity contribution < 1.29 is 9.13 Å². The second kappa shape index (κ2) is 7.64. The van der Waals surface area contributed by atoms with Gasteiger partial charge in [-0.3, -0.25) is 0 Å². The number of hydrogen-bond donors (Lipinski definition) is 1. The van der Waals surface area contributed by atoms with E-state index >= 15 is 0 Å². The molecule has 17 heavy (non-hydrogen) atoms. The highest BCUT2D eigenvalue weighted by Crippen LogP contribution is 2.19. The fourth-order valence-electron chi connectivity index (χ4n) is 1.59. The molecule has 0 radical (unpaired) electrons. The molecule has 1 unspecified atom stereocenters. The molecule has 0 saturated heterocycles. The van der Waals surface area contributed by atoms with Crippen LogP contribution in [0.4, 0.5) is 4.39 Å². The van der Waals surface area contributed by atoms with Crippen LogP contribution in [0.2, 0.25) is 5.02 Å². The molecule has 2 nitrogen and oxygen atoms in total. The SMILES string of the molecule is CCCOCC(Cc1cccc(Cl)c1F)NC. The van der Waals surface area contributed by atoms with Gasteiger partial charge < -0.3 is 10.1 Å². The normalized spacial score (nSPS) is 12.7. The van der Waals surface area contributed by atoms with E-state index in [0.717, 1.165) is 13.0 Å². The van der Waals surface area contributed by atoms with Crippen LogP contribution < -0.4 is 5.32 Å². The van der Waals surface area contributed by atoms with Gasteiger partial charge in [0.25, 0.3) is 0 Å². The minimum absolute atomic E-state index is 0.106. The molecule has 1 N–H and O–H groups in total. The summed E-state index contributed by atoms with van der Waals surface area (Å²) >= 11 is 5.74. The van der Waals surface area contributed by atoms with E-state index in [-0.39, 0.29) is 16.9 Å². The summed E-state index contributed by atoms with van der Waals surface area (Å²) in [5.74, 6) is -0.329. The van der Waals surface area contributed by atoms with Gasteiger partial charge in [0.1, 0.15) is 5.82 Å². The molecule has 1 rings (SSSR count). The minimum Gasteiger partial charge on any atom is -0.380 e. The average Bonchev–Trinajstić information content (AvgIpc) is 2.33. The summed E-state index contributed by atoms with van der Waals surface area (Å²) in [5.41, 5.74) is 0.622. The number of benzene rings is 1. The second-order valence-corrected chi connectivity index (χ2v) is 4.38. The first-order chi connectivity index (χ1) is 8.19. The molecule has 0 aliphatic carbocycles. The van der Waals surface area contributed by atoms with Crippen molar-refractivity contribution in [3.05, 3.63) is 34.6 Å². The topological polar surface area (TPSA) is 21.3 Å². The molecule has 1 atom stereocenters. The summed E-state index contributed by atoms with van der Waals surface area (Å²) in [6, 6.07) is 5.18.